The summed E-state index contributed by atoms with van der Waals surface area (Å²) in [7, 11) is 0. The summed E-state index contributed by atoms with van der Waals surface area (Å²) in [5, 5.41) is 11.2. The third-order valence-electron chi connectivity index (χ3n) is 5.44. The molecule has 2 heterocycles. The molecular weight excluding hydrogens is 414 g/mol. The summed E-state index contributed by atoms with van der Waals surface area (Å²) < 4.78 is 16.5. The summed E-state index contributed by atoms with van der Waals surface area (Å²) in [6, 6.07) is 12.5. The number of piperazine rings is 1. The van der Waals surface area contributed by atoms with E-state index >= 15 is 0 Å². The van der Waals surface area contributed by atoms with Gasteiger partial charge in [-0.05, 0) is 18.2 Å². The van der Waals surface area contributed by atoms with Crippen molar-refractivity contribution in [2.45, 2.75) is 6.61 Å². The highest BCUT2D eigenvalue weighted by Crippen LogP contribution is 2.33. The fraction of sp³-hybridized carbons (Fsp3) is 0.348. The average Bonchev–Trinajstić information content (AvgIpc) is 2.83. The molecule has 0 unspecified atom stereocenters. The number of hydrogen-bond donors (Lipinski definition) is 0. The van der Waals surface area contributed by atoms with Crippen LogP contribution in [0.1, 0.15) is 11.1 Å². The molecule has 168 valence electrons. The highest BCUT2D eigenvalue weighted by molar-refractivity contribution is 5.92. The third-order valence-corrected chi connectivity index (χ3v) is 5.44. The Bertz CT molecular complexity index is 987. The fourth-order valence-corrected chi connectivity index (χ4v) is 3.73. The molecular formula is C23H25N3O6. The Kier molecular flexibility index (Phi) is 6.98. The van der Waals surface area contributed by atoms with Crippen LogP contribution >= 0.6 is 0 Å². The molecule has 2 aromatic rings. The van der Waals surface area contributed by atoms with Crippen molar-refractivity contribution in [3.63, 3.8) is 0 Å². The number of nitro groups is 1. The summed E-state index contributed by atoms with van der Waals surface area (Å²) in [5.41, 5.74) is 1.04. The Morgan fingerprint density at radius 3 is 2.69 bits per heavy atom. The molecule has 32 heavy (non-hydrogen) atoms. The third kappa shape index (κ3) is 5.43. The van der Waals surface area contributed by atoms with E-state index in [2.05, 4.69) is 4.90 Å². The Morgan fingerprint density at radius 2 is 1.94 bits per heavy atom. The number of amides is 1. The van der Waals surface area contributed by atoms with Crippen molar-refractivity contribution < 1.29 is 23.9 Å². The van der Waals surface area contributed by atoms with Crippen LogP contribution in [0.4, 0.5) is 5.69 Å². The quantitative estimate of drug-likeness (QED) is 0.372. The lowest BCUT2D eigenvalue weighted by Crippen LogP contribution is -2.49. The first-order chi connectivity index (χ1) is 15.6. The lowest BCUT2D eigenvalue weighted by Gasteiger charge is -2.34. The van der Waals surface area contributed by atoms with Crippen molar-refractivity contribution >= 4 is 17.7 Å². The molecule has 2 aliphatic heterocycles. The zero-order valence-electron chi connectivity index (χ0n) is 17.6. The Morgan fingerprint density at radius 1 is 1.16 bits per heavy atom. The number of hydrogen-bond acceptors (Lipinski definition) is 7. The summed E-state index contributed by atoms with van der Waals surface area (Å²) in [5.74, 6) is 1.25. The Balaban J connectivity index is 1.30. The normalized spacial score (nSPS) is 16.4. The predicted molar refractivity (Wildman–Crippen MR) is 117 cm³/mol. The summed E-state index contributed by atoms with van der Waals surface area (Å²) in [4.78, 5) is 27.5. The first-order valence-corrected chi connectivity index (χ1v) is 10.5. The molecule has 1 amide bonds. The van der Waals surface area contributed by atoms with Gasteiger partial charge in [-0.15, -0.1) is 0 Å². The van der Waals surface area contributed by atoms with Crippen LogP contribution in [0.15, 0.2) is 48.5 Å². The van der Waals surface area contributed by atoms with E-state index in [9.17, 15) is 14.9 Å². The molecule has 0 N–H and O–H groups in total. The zero-order chi connectivity index (χ0) is 22.3. The van der Waals surface area contributed by atoms with Crippen molar-refractivity contribution in [3.05, 3.63) is 69.8 Å². The molecule has 2 aromatic carbocycles. The lowest BCUT2D eigenvalue weighted by molar-refractivity contribution is -0.385. The SMILES string of the molecule is O=C(/C=C/c1cc([N+](=O)[O-])cc2c1OCOC2)N1CCN(CCOc2ccccc2)CC1. The van der Waals surface area contributed by atoms with Crippen molar-refractivity contribution in [1.29, 1.82) is 0 Å². The first-order valence-electron chi connectivity index (χ1n) is 10.5. The van der Waals surface area contributed by atoms with Gasteiger partial charge in [-0.25, -0.2) is 0 Å². The number of para-hydroxylation sites is 1. The van der Waals surface area contributed by atoms with Crippen LogP contribution in [0, 0.1) is 10.1 Å². The Labute approximate surface area is 185 Å². The van der Waals surface area contributed by atoms with Crippen molar-refractivity contribution in [2.75, 3.05) is 46.1 Å². The minimum Gasteiger partial charge on any atom is -0.492 e. The monoisotopic (exact) mass is 439 g/mol. The number of fused-ring (bicyclic) bond motifs is 1. The van der Waals surface area contributed by atoms with Crippen LogP contribution in [-0.4, -0.2) is 66.8 Å². The maximum Gasteiger partial charge on any atom is 0.270 e. The number of non-ortho nitro benzene ring substituents is 1. The molecule has 0 spiro atoms. The van der Waals surface area contributed by atoms with Crippen molar-refractivity contribution in [2.24, 2.45) is 0 Å². The van der Waals surface area contributed by atoms with Crippen LogP contribution in [0.2, 0.25) is 0 Å². The molecule has 1 fully saturated rings. The molecule has 0 saturated carbocycles. The molecule has 9 heteroatoms. The van der Waals surface area contributed by atoms with E-state index < -0.39 is 4.92 Å². The molecule has 0 radical (unpaired) electrons. The van der Waals surface area contributed by atoms with Gasteiger partial charge in [0.15, 0.2) is 6.79 Å². The van der Waals surface area contributed by atoms with Crippen LogP contribution in [0.5, 0.6) is 11.5 Å². The number of carbonyl (C=O) groups excluding carboxylic acids is 1. The molecule has 0 atom stereocenters. The molecule has 2 aliphatic rings. The second kappa shape index (κ2) is 10.3. The van der Waals surface area contributed by atoms with Gasteiger partial charge in [-0.3, -0.25) is 19.8 Å². The van der Waals surface area contributed by atoms with Gasteiger partial charge in [0, 0.05) is 62.1 Å². The highest BCUT2D eigenvalue weighted by Gasteiger charge is 2.22. The summed E-state index contributed by atoms with van der Waals surface area (Å²) in [6.07, 6.45) is 3.03. The van der Waals surface area contributed by atoms with Gasteiger partial charge in [0.2, 0.25) is 5.91 Å². The summed E-state index contributed by atoms with van der Waals surface area (Å²) >= 11 is 0. The topological polar surface area (TPSA) is 94.4 Å². The standard InChI is InChI=1S/C23H25N3O6/c27-22(7-6-18-14-20(26(28)29)15-19-16-30-17-32-23(18)19)25-10-8-24(9-11-25)12-13-31-21-4-2-1-3-5-21/h1-7,14-15H,8-13,16-17H2/b7-6+. The highest BCUT2D eigenvalue weighted by atomic mass is 16.7. The van der Waals surface area contributed by atoms with E-state index in [1.807, 2.05) is 30.3 Å². The largest absolute Gasteiger partial charge is 0.492 e. The zero-order valence-corrected chi connectivity index (χ0v) is 17.6. The molecule has 1 saturated heterocycles. The van der Waals surface area contributed by atoms with Crippen molar-refractivity contribution in [1.82, 2.24) is 9.80 Å². The first kappa shape index (κ1) is 21.8. The van der Waals surface area contributed by atoms with Crippen LogP contribution < -0.4 is 9.47 Å². The van der Waals surface area contributed by atoms with Crippen LogP contribution in [0.3, 0.4) is 0 Å². The van der Waals surface area contributed by atoms with E-state index in [-0.39, 0.29) is 25.0 Å². The number of rotatable bonds is 7. The van der Waals surface area contributed by atoms with Gasteiger partial charge in [0.05, 0.1) is 11.5 Å². The van der Waals surface area contributed by atoms with E-state index in [4.69, 9.17) is 14.2 Å². The van der Waals surface area contributed by atoms with Gasteiger partial charge in [-0.2, -0.15) is 0 Å². The van der Waals surface area contributed by atoms with Crippen LogP contribution in [0.25, 0.3) is 6.08 Å². The van der Waals surface area contributed by atoms with Gasteiger partial charge >= 0.3 is 0 Å². The summed E-state index contributed by atoms with van der Waals surface area (Å²) in [6.45, 7) is 4.48. The van der Waals surface area contributed by atoms with Gasteiger partial charge in [0.25, 0.3) is 5.69 Å². The molecule has 4 rings (SSSR count). The number of benzene rings is 2. The molecule has 0 aliphatic carbocycles. The maximum atomic E-state index is 12.7. The second-order valence-electron chi connectivity index (χ2n) is 7.55. The molecule has 9 nitrogen and oxygen atoms in total. The molecule has 0 aromatic heterocycles. The van der Waals surface area contributed by atoms with E-state index in [1.54, 1.807) is 11.0 Å². The minimum atomic E-state index is -0.464. The van der Waals surface area contributed by atoms with Gasteiger partial charge < -0.3 is 19.1 Å². The number of ether oxygens (including phenoxy) is 3. The van der Waals surface area contributed by atoms with Crippen molar-refractivity contribution in [3.8, 4) is 11.5 Å². The van der Waals surface area contributed by atoms with E-state index in [0.29, 0.717) is 36.6 Å². The minimum absolute atomic E-state index is 0.0590. The van der Waals surface area contributed by atoms with E-state index in [1.165, 1.54) is 18.2 Å². The lowest BCUT2D eigenvalue weighted by atomic mass is 10.1. The van der Waals surface area contributed by atoms with Gasteiger partial charge in [0.1, 0.15) is 18.1 Å². The number of nitrogens with zero attached hydrogens (tertiary/aromatic N) is 3. The predicted octanol–water partition coefficient (Wildman–Crippen LogP) is 2.70. The Hall–Kier alpha value is -3.43. The maximum absolute atomic E-state index is 12.7. The molecule has 0 bridgehead atoms. The van der Waals surface area contributed by atoms with Crippen LogP contribution in [-0.2, 0) is 16.1 Å². The number of carbonyl (C=O) groups is 1. The number of nitro benzene ring substituents is 1. The van der Waals surface area contributed by atoms with E-state index in [0.717, 1.165) is 25.4 Å². The fourth-order valence-electron chi connectivity index (χ4n) is 3.73. The second-order valence-corrected chi connectivity index (χ2v) is 7.55. The van der Waals surface area contributed by atoms with Gasteiger partial charge in [-0.1, -0.05) is 18.2 Å². The average molecular weight is 439 g/mol. The smallest absolute Gasteiger partial charge is 0.270 e.